The molecule has 0 aliphatic carbocycles. The number of nitrogens with two attached hydrogens (primary N) is 1. The van der Waals surface area contributed by atoms with E-state index < -0.39 is 0 Å². The number of hydrazone groups is 1. The van der Waals surface area contributed by atoms with Crippen LogP contribution in [0.1, 0.15) is 11.1 Å². The van der Waals surface area contributed by atoms with Crippen LogP contribution >= 0.6 is 12.2 Å². The molecule has 0 spiro atoms. The first-order valence-electron chi connectivity index (χ1n) is 6.79. The van der Waals surface area contributed by atoms with E-state index in [4.69, 9.17) is 27.4 Å². The van der Waals surface area contributed by atoms with Crippen LogP contribution in [-0.2, 0) is 6.61 Å². The van der Waals surface area contributed by atoms with Crippen LogP contribution in [0, 0.1) is 5.82 Å². The Morgan fingerprint density at radius 1 is 1.30 bits per heavy atom. The van der Waals surface area contributed by atoms with E-state index in [2.05, 4.69) is 10.5 Å². The fraction of sp³-hybridized carbons (Fsp3) is 0.125. The highest BCUT2D eigenvalue weighted by Gasteiger charge is 2.12. The maximum Gasteiger partial charge on any atom is 0.221 e. The number of ether oxygens (including phenoxy) is 2. The van der Waals surface area contributed by atoms with Gasteiger partial charge in [-0.15, -0.1) is 10.5 Å². The Kier molecular flexibility index (Phi) is 5.87. The molecule has 120 valence electrons. The molecule has 4 N–H and O–H groups in total. The third-order valence-corrected chi connectivity index (χ3v) is 3.08. The third kappa shape index (κ3) is 4.65. The van der Waals surface area contributed by atoms with Crippen molar-refractivity contribution in [3.8, 4) is 11.5 Å². The molecule has 0 amide bonds. The molecule has 0 fully saturated rings. The predicted molar refractivity (Wildman–Crippen MR) is 89.8 cm³/mol. The Hall–Kier alpha value is -2.67. The molecule has 2 rings (SSSR count). The van der Waals surface area contributed by atoms with Crippen LogP contribution in [0.25, 0.3) is 0 Å². The molecule has 7 heteroatoms. The summed E-state index contributed by atoms with van der Waals surface area (Å²) in [6, 6.07) is 11.8. The maximum atomic E-state index is 13.7. The van der Waals surface area contributed by atoms with Crippen molar-refractivity contribution < 1.29 is 19.0 Å². The summed E-state index contributed by atoms with van der Waals surface area (Å²) in [4.78, 5) is 0. The topological polar surface area (TPSA) is 70.5 Å². The average Bonchev–Trinajstić information content (AvgIpc) is 2.54. The number of rotatable bonds is 6. The first-order valence-corrected chi connectivity index (χ1v) is 7.20. The van der Waals surface area contributed by atoms with Gasteiger partial charge in [0.05, 0.1) is 12.7 Å². The van der Waals surface area contributed by atoms with Crippen LogP contribution in [0.5, 0.6) is 11.5 Å². The molecule has 0 heterocycles. The van der Waals surface area contributed by atoms with E-state index in [0.29, 0.717) is 22.6 Å². The quantitative estimate of drug-likeness (QED) is 0.411. The molecule has 23 heavy (non-hydrogen) atoms. The lowest BCUT2D eigenvalue weighted by Gasteiger charge is -2.12. The normalized spacial score (nSPS) is 10.5. The summed E-state index contributed by atoms with van der Waals surface area (Å²) in [6.45, 7) is 0.0800. The van der Waals surface area contributed by atoms with Gasteiger partial charge in [0.15, 0.2) is 11.5 Å². The summed E-state index contributed by atoms with van der Waals surface area (Å²) in [5.74, 6) is 0.698. The molecular formula is C16H17FN3O2S+. The van der Waals surface area contributed by atoms with Crippen LogP contribution in [0.15, 0.2) is 42.5 Å². The monoisotopic (exact) mass is 334 g/mol. The van der Waals surface area contributed by atoms with Crippen molar-refractivity contribution in [3.63, 3.8) is 0 Å². The van der Waals surface area contributed by atoms with Crippen LogP contribution in [0.2, 0.25) is 0 Å². The number of thiocarbonyl (C=S) groups is 1. The number of para-hydroxylation sites is 1. The van der Waals surface area contributed by atoms with Crippen LogP contribution in [0.4, 0.5) is 4.39 Å². The van der Waals surface area contributed by atoms with Gasteiger partial charge in [0.1, 0.15) is 12.4 Å². The van der Waals surface area contributed by atoms with Gasteiger partial charge < -0.3 is 15.2 Å². The van der Waals surface area contributed by atoms with Crippen molar-refractivity contribution in [2.24, 2.45) is 5.73 Å². The summed E-state index contributed by atoms with van der Waals surface area (Å²) in [6.07, 6.45) is 1.62. The maximum absolute atomic E-state index is 13.7. The van der Waals surface area contributed by atoms with Gasteiger partial charge in [-0.3, -0.25) is 0 Å². The number of methoxy groups -OCH3 is 1. The zero-order valence-electron chi connectivity index (χ0n) is 12.5. The van der Waals surface area contributed by atoms with E-state index in [1.807, 2.05) is 12.1 Å². The van der Waals surface area contributed by atoms with E-state index >= 15 is 0 Å². The second kappa shape index (κ2) is 8.09. The molecule has 0 aromatic heterocycles. The Labute approximate surface area is 138 Å². The van der Waals surface area contributed by atoms with Crippen molar-refractivity contribution in [2.45, 2.75) is 6.61 Å². The van der Waals surface area contributed by atoms with Gasteiger partial charge in [-0.05, 0) is 30.4 Å². The summed E-state index contributed by atoms with van der Waals surface area (Å²) >= 11 is 4.71. The molecule has 2 aromatic rings. The molecule has 0 aliphatic heterocycles. The lowest BCUT2D eigenvalue weighted by molar-refractivity contribution is -0.499. The largest absolute Gasteiger partial charge is 0.493 e. The Bertz CT molecular complexity index is 722. The van der Waals surface area contributed by atoms with Crippen LogP contribution < -0.4 is 25.7 Å². The Balaban J connectivity index is 2.23. The van der Waals surface area contributed by atoms with Crippen molar-refractivity contribution in [2.75, 3.05) is 7.11 Å². The van der Waals surface area contributed by atoms with E-state index in [9.17, 15) is 4.39 Å². The Morgan fingerprint density at radius 2 is 2.09 bits per heavy atom. The molecule has 2 aromatic carbocycles. The fourth-order valence-electron chi connectivity index (χ4n) is 1.91. The standard InChI is InChI=1S/C16H16FN3O2S/c1-21-14-8-4-6-11(9-19-20-16(18)23)15(14)22-10-12-5-2-3-7-13(12)17/h2-9H,10H2,1H3,(H3,18,20,23)/p+1. The number of nitrogens with one attached hydrogen (secondary N) is 2. The lowest BCUT2D eigenvalue weighted by Crippen LogP contribution is -2.82. The van der Waals surface area contributed by atoms with Crippen LogP contribution in [-0.4, -0.2) is 18.4 Å². The minimum atomic E-state index is -0.318. The Morgan fingerprint density at radius 3 is 2.78 bits per heavy atom. The molecule has 5 nitrogen and oxygen atoms in total. The van der Waals surface area contributed by atoms with E-state index in [-0.39, 0.29) is 17.5 Å². The van der Waals surface area contributed by atoms with E-state index in [1.54, 1.807) is 30.5 Å². The number of hydrogen-bond acceptors (Lipinski definition) is 3. The molecule has 0 aliphatic rings. The van der Waals surface area contributed by atoms with Gasteiger partial charge in [-0.1, -0.05) is 24.3 Å². The second-order valence-electron chi connectivity index (χ2n) is 4.54. The molecule has 0 unspecified atom stereocenters. The zero-order chi connectivity index (χ0) is 16.7. The summed E-state index contributed by atoms with van der Waals surface area (Å²) in [7, 11) is 1.54. The highest BCUT2D eigenvalue weighted by atomic mass is 32.1. The van der Waals surface area contributed by atoms with Gasteiger partial charge in [0.25, 0.3) is 0 Å². The molecule has 0 atom stereocenters. The number of halogens is 1. The summed E-state index contributed by atoms with van der Waals surface area (Å²) < 4.78 is 24.7. The van der Waals surface area contributed by atoms with Gasteiger partial charge in [-0.2, -0.15) is 0 Å². The van der Waals surface area contributed by atoms with Gasteiger partial charge >= 0.3 is 0 Å². The highest BCUT2D eigenvalue weighted by molar-refractivity contribution is 7.80. The minimum absolute atomic E-state index is 0.0800. The molecule has 0 saturated carbocycles. The first kappa shape index (κ1) is 16.7. The number of benzene rings is 2. The van der Waals surface area contributed by atoms with Crippen molar-refractivity contribution in [1.29, 1.82) is 0 Å². The summed E-state index contributed by atoms with van der Waals surface area (Å²) in [5.41, 5.74) is 9.09. The van der Waals surface area contributed by atoms with Crippen molar-refractivity contribution >= 4 is 23.5 Å². The first-order chi connectivity index (χ1) is 11.1. The van der Waals surface area contributed by atoms with Crippen molar-refractivity contribution in [3.05, 3.63) is 59.4 Å². The minimum Gasteiger partial charge on any atom is -0.493 e. The average molecular weight is 334 g/mol. The lowest BCUT2D eigenvalue weighted by atomic mass is 10.2. The van der Waals surface area contributed by atoms with E-state index in [0.717, 1.165) is 0 Å². The molecule has 0 radical (unpaired) electrons. The fourth-order valence-corrected chi connectivity index (χ4v) is 1.97. The third-order valence-electron chi connectivity index (χ3n) is 2.98. The van der Waals surface area contributed by atoms with Crippen molar-refractivity contribution in [1.82, 2.24) is 5.43 Å². The van der Waals surface area contributed by atoms with E-state index in [1.165, 1.54) is 13.2 Å². The van der Waals surface area contributed by atoms with Gasteiger partial charge in [0.2, 0.25) is 11.3 Å². The molecular weight excluding hydrogens is 317 g/mol. The van der Waals surface area contributed by atoms with Gasteiger partial charge in [-0.25, -0.2) is 4.39 Å². The molecule has 0 saturated heterocycles. The smallest absolute Gasteiger partial charge is 0.221 e. The van der Waals surface area contributed by atoms with Crippen LogP contribution in [0.3, 0.4) is 0 Å². The SMILES string of the molecule is COc1cccc(C=[NH+]NC(N)=S)c1OCc1ccccc1F. The zero-order valence-corrected chi connectivity index (χ0v) is 13.3. The number of hydrazine groups is 1. The summed E-state index contributed by atoms with van der Waals surface area (Å²) in [5, 5.41) is 2.86. The van der Waals surface area contributed by atoms with Gasteiger partial charge in [0, 0.05) is 5.56 Å². The highest BCUT2D eigenvalue weighted by Crippen LogP contribution is 2.30. The number of hydrogen-bond donors (Lipinski definition) is 3. The predicted octanol–water partition coefficient (Wildman–Crippen LogP) is 0.661. The second-order valence-corrected chi connectivity index (χ2v) is 4.98. The molecule has 0 bridgehead atoms.